The van der Waals surface area contributed by atoms with Gasteiger partial charge in [-0.2, -0.15) is 0 Å². The molecule has 2 amide bonds. The zero-order valence-electron chi connectivity index (χ0n) is 20.6. The lowest BCUT2D eigenvalue weighted by atomic mass is 9.88. The Morgan fingerprint density at radius 3 is 2.51 bits per heavy atom. The van der Waals surface area contributed by atoms with Crippen LogP contribution in [-0.2, 0) is 13.0 Å². The molecule has 8 nitrogen and oxygen atoms in total. The maximum Gasteiger partial charge on any atom is 0.319 e. The number of carbonyl (C=O) groups excluding carboxylic acids is 2. The first-order chi connectivity index (χ1) is 16.6. The SMILES string of the molecule is CC(C)Nc1nc2c(nc1N1CCC(C(=O)c3cc(Cl)ccc3F)CC1)CCN(C(=O)N(C)C)C2. The molecule has 2 aliphatic rings. The number of rotatable bonds is 5. The third kappa shape index (κ3) is 5.50. The van der Waals surface area contributed by atoms with E-state index in [-0.39, 0.29) is 29.3 Å². The van der Waals surface area contributed by atoms with Gasteiger partial charge in [-0.1, -0.05) is 11.6 Å². The van der Waals surface area contributed by atoms with Crippen LogP contribution in [-0.4, -0.2) is 71.4 Å². The molecule has 1 aromatic heterocycles. The maximum absolute atomic E-state index is 14.2. The minimum Gasteiger partial charge on any atom is -0.365 e. The fourth-order valence-corrected chi connectivity index (χ4v) is 4.79. The minimum atomic E-state index is -0.535. The van der Waals surface area contributed by atoms with Gasteiger partial charge in [0.25, 0.3) is 0 Å². The van der Waals surface area contributed by atoms with E-state index in [9.17, 15) is 14.0 Å². The summed E-state index contributed by atoms with van der Waals surface area (Å²) in [6, 6.07) is 4.21. The number of aromatic nitrogens is 2. The van der Waals surface area contributed by atoms with Crippen LogP contribution in [0.4, 0.5) is 20.8 Å². The molecule has 4 rings (SSSR count). The van der Waals surface area contributed by atoms with Gasteiger partial charge in [-0.05, 0) is 44.9 Å². The van der Waals surface area contributed by atoms with Crippen molar-refractivity contribution in [3.05, 3.63) is 46.0 Å². The van der Waals surface area contributed by atoms with Gasteiger partial charge in [-0.3, -0.25) is 4.79 Å². The molecule has 1 aromatic carbocycles. The predicted octanol–water partition coefficient (Wildman–Crippen LogP) is 4.23. The molecule has 0 bridgehead atoms. The molecule has 1 saturated heterocycles. The molecule has 35 heavy (non-hydrogen) atoms. The zero-order chi connectivity index (χ0) is 25.3. The van der Waals surface area contributed by atoms with Crippen molar-refractivity contribution in [3.63, 3.8) is 0 Å². The topological polar surface area (TPSA) is 81.7 Å². The molecule has 0 spiro atoms. The van der Waals surface area contributed by atoms with Crippen molar-refractivity contribution in [3.8, 4) is 0 Å². The van der Waals surface area contributed by atoms with Crippen LogP contribution in [0.5, 0.6) is 0 Å². The van der Waals surface area contributed by atoms with E-state index in [2.05, 4.69) is 10.2 Å². The van der Waals surface area contributed by atoms with Crippen molar-refractivity contribution >= 4 is 35.1 Å². The highest BCUT2D eigenvalue weighted by molar-refractivity contribution is 6.31. The van der Waals surface area contributed by atoms with Crippen molar-refractivity contribution in [2.45, 2.75) is 45.7 Å². The van der Waals surface area contributed by atoms with Crippen LogP contribution in [0.25, 0.3) is 0 Å². The lowest BCUT2D eigenvalue weighted by Gasteiger charge is -2.35. The summed E-state index contributed by atoms with van der Waals surface area (Å²) < 4.78 is 14.2. The monoisotopic (exact) mass is 502 g/mol. The van der Waals surface area contributed by atoms with E-state index in [1.807, 2.05) is 13.8 Å². The molecule has 1 N–H and O–H groups in total. The number of nitrogens with one attached hydrogen (secondary N) is 1. The van der Waals surface area contributed by atoms with E-state index in [1.165, 1.54) is 18.2 Å². The fourth-order valence-electron chi connectivity index (χ4n) is 4.62. The predicted molar refractivity (Wildman–Crippen MR) is 135 cm³/mol. The molecule has 2 aromatic rings. The number of amides is 2. The van der Waals surface area contributed by atoms with E-state index in [4.69, 9.17) is 21.6 Å². The molecule has 0 atom stereocenters. The number of piperidine rings is 1. The first-order valence-corrected chi connectivity index (χ1v) is 12.4. The lowest BCUT2D eigenvalue weighted by molar-refractivity contribution is 0.0896. The number of benzene rings is 1. The van der Waals surface area contributed by atoms with E-state index < -0.39 is 5.82 Å². The number of urea groups is 1. The van der Waals surface area contributed by atoms with Gasteiger partial charge in [0.2, 0.25) is 0 Å². The summed E-state index contributed by atoms with van der Waals surface area (Å²) in [6.45, 7) is 6.33. The molecule has 3 heterocycles. The second-order valence-corrected chi connectivity index (χ2v) is 10.1. The Labute approximate surface area is 210 Å². The van der Waals surface area contributed by atoms with Crippen molar-refractivity contribution in [1.82, 2.24) is 19.8 Å². The molecule has 0 aliphatic carbocycles. The van der Waals surface area contributed by atoms with Crippen LogP contribution in [0, 0.1) is 11.7 Å². The van der Waals surface area contributed by atoms with Crippen molar-refractivity contribution in [1.29, 1.82) is 0 Å². The van der Waals surface area contributed by atoms with Crippen molar-refractivity contribution < 1.29 is 14.0 Å². The lowest BCUT2D eigenvalue weighted by Crippen LogP contribution is -2.43. The van der Waals surface area contributed by atoms with Gasteiger partial charge >= 0.3 is 6.03 Å². The second kappa shape index (κ2) is 10.4. The zero-order valence-corrected chi connectivity index (χ0v) is 21.4. The van der Waals surface area contributed by atoms with Gasteiger partial charge in [0.05, 0.1) is 23.5 Å². The van der Waals surface area contributed by atoms with E-state index >= 15 is 0 Å². The molecule has 0 unspecified atom stereocenters. The Hall–Kier alpha value is -2.94. The number of Topliss-reactive ketones (excluding diaryl/α,β-unsaturated/α-hetero) is 1. The van der Waals surface area contributed by atoms with Crippen LogP contribution in [0.2, 0.25) is 5.02 Å². The van der Waals surface area contributed by atoms with Gasteiger partial charge in [-0.25, -0.2) is 19.2 Å². The summed E-state index contributed by atoms with van der Waals surface area (Å²) >= 11 is 5.99. The summed E-state index contributed by atoms with van der Waals surface area (Å²) in [5.41, 5.74) is 1.76. The smallest absolute Gasteiger partial charge is 0.319 e. The molecular weight excluding hydrogens is 471 g/mol. The van der Waals surface area contributed by atoms with Crippen LogP contribution in [0.15, 0.2) is 18.2 Å². The fraction of sp³-hybridized carbons (Fsp3) is 0.520. The maximum atomic E-state index is 14.2. The highest BCUT2D eigenvalue weighted by Gasteiger charge is 2.31. The summed E-state index contributed by atoms with van der Waals surface area (Å²) in [5, 5.41) is 3.75. The summed E-state index contributed by atoms with van der Waals surface area (Å²) in [6.07, 6.45) is 1.82. The van der Waals surface area contributed by atoms with Crippen LogP contribution in [0.3, 0.4) is 0 Å². The Morgan fingerprint density at radius 1 is 1.14 bits per heavy atom. The molecular formula is C25H32ClFN6O2. The Balaban J connectivity index is 1.52. The average Bonchev–Trinajstić information content (AvgIpc) is 2.83. The van der Waals surface area contributed by atoms with E-state index in [0.29, 0.717) is 56.3 Å². The van der Waals surface area contributed by atoms with Gasteiger partial charge < -0.3 is 20.0 Å². The number of anilines is 2. The second-order valence-electron chi connectivity index (χ2n) is 9.69. The van der Waals surface area contributed by atoms with Gasteiger partial charge in [0.15, 0.2) is 17.4 Å². The first-order valence-electron chi connectivity index (χ1n) is 12.0. The number of fused-ring (bicyclic) bond motifs is 1. The molecule has 2 aliphatic heterocycles. The Morgan fingerprint density at radius 2 is 1.86 bits per heavy atom. The van der Waals surface area contributed by atoms with Crippen LogP contribution < -0.4 is 10.2 Å². The molecule has 188 valence electrons. The standard InChI is InChI=1S/C25H32ClFN6O2/c1-15(2)28-23-24(30-20-9-12-33(14-21(20)29-23)25(35)31(3)4)32-10-7-16(8-11-32)22(34)18-13-17(26)5-6-19(18)27/h5-6,13,15-16H,7-12,14H2,1-4H3,(H,28,29). The van der Waals surface area contributed by atoms with Crippen LogP contribution >= 0.6 is 11.6 Å². The van der Waals surface area contributed by atoms with Gasteiger partial charge in [-0.15, -0.1) is 0 Å². The third-order valence-corrected chi connectivity index (χ3v) is 6.66. The highest BCUT2D eigenvalue weighted by atomic mass is 35.5. The summed E-state index contributed by atoms with van der Waals surface area (Å²) in [5.74, 6) is 0.449. The van der Waals surface area contributed by atoms with Crippen LogP contribution in [0.1, 0.15) is 48.4 Å². The quantitative estimate of drug-likeness (QED) is 0.616. The number of nitrogens with zero attached hydrogens (tertiary/aromatic N) is 5. The van der Waals surface area contributed by atoms with E-state index in [0.717, 1.165) is 17.2 Å². The minimum absolute atomic E-state index is 0.0391. The molecule has 1 fully saturated rings. The number of hydrogen-bond donors (Lipinski definition) is 1. The number of halogens is 2. The summed E-state index contributed by atoms with van der Waals surface area (Å²) in [4.78, 5) is 40.7. The first kappa shape index (κ1) is 25.2. The third-order valence-electron chi connectivity index (χ3n) is 6.43. The van der Waals surface area contributed by atoms with E-state index in [1.54, 1.807) is 23.9 Å². The molecule has 10 heteroatoms. The van der Waals surface area contributed by atoms with Gasteiger partial charge in [0, 0.05) is 57.1 Å². The van der Waals surface area contributed by atoms with Gasteiger partial charge in [0.1, 0.15) is 5.82 Å². The largest absolute Gasteiger partial charge is 0.365 e. The molecule has 0 saturated carbocycles. The number of carbonyl (C=O) groups is 2. The normalized spacial score (nSPS) is 16.3. The van der Waals surface area contributed by atoms with Crippen molar-refractivity contribution in [2.75, 3.05) is 43.9 Å². The number of hydrogen-bond acceptors (Lipinski definition) is 6. The summed E-state index contributed by atoms with van der Waals surface area (Å²) in [7, 11) is 3.49. The molecule has 0 radical (unpaired) electrons. The Kier molecular flexibility index (Phi) is 7.44. The average molecular weight is 503 g/mol. The Bertz CT molecular complexity index is 1120. The highest BCUT2D eigenvalue weighted by Crippen LogP contribution is 2.32. The van der Waals surface area contributed by atoms with Crippen molar-refractivity contribution in [2.24, 2.45) is 5.92 Å². The number of ketones is 1.